The first kappa shape index (κ1) is 44.7. The normalized spacial score (nSPS) is 12.0. The summed E-state index contributed by atoms with van der Waals surface area (Å²) in [5.74, 6) is 0.970. The second kappa shape index (κ2) is 17.3. The van der Waals surface area contributed by atoms with Crippen LogP contribution in [0, 0.1) is 0 Å². The van der Waals surface area contributed by atoms with Gasteiger partial charge in [-0.05, 0) is 54.6 Å². The molecule has 0 fully saturated rings. The molecule has 0 bridgehead atoms. The van der Waals surface area contributed by atoms with Crippen molar-refractivity contribution in [3.63, 3.8) is 0 Å². The molecule has 17 rings (SSSR count). The van der Waals surface area contributed by atoms with Crippen molar-refractivity contribution in [3.05, 3.63) is 248 Å². The standard InChI is InChI=1S/C68H39N11O2/c80-68-47(67-74-65(40-15-3-1-4-16-40)73-66(75-67)41-17-5-2-6-18-41)35-46-60(76-52-23-11-7-19-42(52)48-36-69-31-27-56(48)76)61(77-53-24-12-8-20-43(53)49-37-70-32-28-57(49)77)62(78-54-25-13-9-21-44(54)50-38-71-33-29-58(50)78)63(64(46)81-68)79-55-26-14-10-22-45(55)51-39-72-34-30-59(51)79/h1-39H. The molecular formula is C68H39N11O2. The molecule has 7 aromatic carbocycles. The van der Waals surface area contributed by atoms with E-state index < -0.39 is 5.63 Å². The van der Waals surface area contributed by atoms with Gasteiger partial charge >= 0.3 is 5.63 Å². The van der Waals surface area contributed by atoms with Crippen LogP contribution in [0.25, 0.3) is 155 Å². The van der Waals surface area contributed by atoms with E-state index in [2.05, 4.69) is 121 Å². The molecule has 81 heavy (non-hydrogen) atoms. The summed E-state index contributed by atoms with van der Waals surface area (Å²) in [6, 6.07) is 63.3. The minimum atomic E-state index is -0.638. The van der Waals surface area contributed by atoms with Crippen LogP contribution in [0.3, 0.4) is 0 Å². The van der Waals surface area contributed by atoms with Gasteiger partial charge in [0, 0.05) is 109 Å². The summed E-state index contributed by atoms with van der Waals surface area (Å²) in [6.07, 6.45) is 15.1. The van der Waals surface area contributed by atoms with Crippen molar-refractivity contribution in [2.24, 2.45) is 0 Å². The van der Waals surface area contributed by atoms with E-state index in [1.54, 1.807) is 0 Å². The summed E-state index contributed by atoms with van der Waals surface area (Å²) in [6.45, 7) is 0. The summed E-state index contributed by atoms with van der Waals surface area (Å²) >= 11 is 0. The van der Waals surface area contributed by atoms with Crippen LogP contribution < -0.4 is 5.63 Å². The van der Waals surface area contributed by atoms with Gasteiger partial charge in [0.05, 0.1) is 55.5 Å². The Kier molecular flexibility index (Phi) is 9.53. The van der Waals surface area contributed by atoms with Crippen LogP contribution in [0.2, 0.25) is 0 Å². The lowest BCUT2D eigenvalue weighted by molar-refractivity contribution is 0.561. The zero-order valence-corrected chi connectivity index (χ0v) is 42.8. The van der Waals surface area contributed by atoms with Crippen LogP contribution in [0.4, 0.5) is 0 Å². The van der Waals surface area contributed by atoms with Crippen LogP contribution in [0.15, 0.2) is 247 Å². The lowest BCUT2D eigenvalue weighted by Crippen LogP contribution is -2.16. The molecule has 0 radical (unpaired) electrons. The summed E-state index contributed by atoms with van der Waals surface area (Å²) in [5.41, 5.74) is 11.3. The van der Waals surface area contributed by atoms with Crippen molar-refractivity contribution in [2.45, 2.75) is 0 Å². The molecule has 0 saturated heterocycles. The predicted octanol–water partition coefficient (Wildman–Crippen LogP) is 14.9. The average molecular weight is 1040 g/mol. The highest BCUT2D eigenvalue weighted by molar-refractivity contribution is 6.19. The van der Waals surface area contributed by atoms with Gasteiger partial charge in [0.25, 0.3) is 0 Å². The first-order valence-corrected chi connectivity index (χ1v) is 26.6. The van der Waals surface area contributed by atoms with Crippen LogP contribution in [0.1, 0.15) is 0 Å². The van der Waals surface area contributed by atoms with Gasteiger partial charge in [0.1, 0.15) is 16.9 Å². The summed E-state index contributed by atoms with van der Waals surface area (Å²) in [5, 5.41) is 8.34. The molecule has 0 saturated carbocycles. The smallest absolute Gasteiger partial charge is 0.347 e. The Balaban J connectivity index is 1.18. The molecule has 0 unspecified atom stereocenters. The maximum atomic E-state index is 16.0. The van der Waals surface area contributed by atoms with Gasteiger partial charge in [-0.2, -0.15) is 0 Å². The van der Waals surface area contributed by atoms with Crippen molar-refractivity contribution in [1.82, 2.24) is 53.2 Å². The van der Waals surface area contributed by atoms with Gasteiger partial charge in [0.15, 0.2) is 23.1 Å². The predicted molar refractivity (Wildman–Crippen MR) is 321 cm³/mol. The first-order valence-electron chi connectivity index (χ1n) is 26.6. The molecule has 10 heterocycles. The topological polar surface area (TPSA) is 140 Å². The van der Waals surface area contributed by atoms with E-state index >= 15 is 4.79 Å². The molecule has 13 nitrogen and oxygen atoms in total. The number of nitrogens with zero attached hydrogens (tertiary/aromatic N) is 11. The van der Waals surface area contributed by atoms with E-state index in [0.29, 0.717) is 34.0 Å². The third-order valence-corrected chi connectivity index (χ3v) is 15.8. The fraction of sp³-hybridized carbons (Fsp3) is 0. The van der Waals surface area contributed by atoms with E-state index in [1.807, 2.05) is 135 Å². The second-order valence-corrected chi connectivity index (χ2v) is 20.1. The molecule has 0 amide bonds. The van der Waals surface area contributed by atoms with Gasteiger partial charge in [-0.25, -0.2) is 19.7 Å². The summed E-state index contributed by atoms with van der Waals surface area (Å²) in [7, 11) is 0. The Labute approximate surface area is 458 Å². The van der Waals surface area contributed by atoms with E-state index in [9.17, 15) is 0 Å². The molecule has 0 aliphatic heterocycles. The third-order valence-electron chi connectivity index (χ3n) is 15.8. The number of aromatic nitrogens is 11. The lowest BCUT2D eigenvalue weighted by atomic mass is 10.0. The maximum Gasteiger partial charge on any atom is 0.347 e. The Morgan fingerprint density at radius 3 is 1.02 bits per heavy atom. The van der Waals surface area contributed by atoms with Crippen molar-refractivity contribution in [1.29, 1.82) is 0 Å². The largest absolute Gasteiger partial charge is 0.420 e. The molecule has 0 spiro atoms. The molecular weight excluding hydrogens is 1000 g/mol. The Morgan fingerprint density at radius 1 is 0.296 bits per heavy atom. The highest BCUT2D eigenvalue weighted by atomic mass is 16.4. The third kappa shape index (κ3) is 6.48. The molecule has 0 aliphatic carbocycles. The first-order chi connectivity index (χ1) is 40.2. The minimum absolute atomic E-state index is 0.147. The molecule has 13 heteroatoms. The van der Waals surface area contributed by atoms with Gasteiger partial charge in [0.2, 0.25) is 0 Å². The Morgan fingerprint density at radius 2 is 0.617 bits per heavy atom. The number of rotatable bonds is 7. The Bertz CT molecular complexity index is 5250. The SMILES string of the molecule is O=c1oc2c(-n3c4ccccc4c4cnccc43)c(-n3c4ccccc4c4cnccc43)c(-n3c4ccccc4c4cnccc43)c(-n3c4ccccc4c4cnccc43)c2cc1-c1nc(-c2ccccc2)nc(-c2ccccc2)n1. The number of hydrogen-bond donors (Lipinski definition) is 0. The molecule has 0 atom stereocenters. The van der Waals surface area contributed by atoms with Crippen LogP contribution in [0.5, 0.6) is 0 Å². The van der Waals surface area contributed by atoms with Crippen molar-refractivity contribution < 1.29 is 4.42 Å². The second-order valence-electron chi connectivity index (χ2n) is 20.1. The fourth-order valence-electron chi connectivity index (χ4n) is 12.5. The van der Waals surface area contributed by atoms with Crippen LogP contribution in [-0.2, 0) is 0 Å². The molecule has 10 aromatic heterocycles. The Hall–Kier alpha value is -11.4. The van der Waals surface area contributed by atoms with E-state index in [1.165, 1.54) is 0 Å². The number of hydrogen-bond acceptors (Lipinski definition) is 9. The quantitative estimate of drug-likeness (QED) is 0.143. The number of benzene rings is 7. The average Bonchev–Trinajstić information content (AvgIpc) is 3.09. The zero-order chi connectivity index (χ0) is 53.3. The van der Waals surface area contributed by atoms with Crippen molar-refractivity contribution in [3.8, 4) is 56.9 Å². The highest BCUT2D eigenvalue weighted by Crippen LogP contribution is 2.50. The van der Waals surface area contributed by atoms with Crippen molar-refractivity contribution >= 4 is 98.2 Å². The lowest BCUT2D eigenvalue weighted by Gasteiger charge is -2.27. The number of pyridine rings is 4. The van der Waals surface area contributed by atoms with Gasteiger partial charge in [-0.15, -0.1) is 0 Å². The van der Waals surface area contributed by atoms with Crippen molar-refractivity contribution in [2.75, 3.05) is 0 Å². The monoisotopic (exact) mass is 1040 g/mol. The molecule has 0 N–H and O–H groups in total. The van der Waals surface area contributed by atoms with Crippen LogP contribution in [-0.4, -0.2) is 53.2 Å². The number of fused-ring (bicyclic) bond motifs is 13. The minimum Gasteiger partial charge on any atom is -0.420 e. The van der Waals surface area contributed by atoms with Crippen LogP contribution >= 0.6 is 0 Å². The van der Waals surface area contributed by atoms with E-state index in [4.69, 9.17) is 39.3 Å². The number of para-hydroxylation sites is 4. The maximum absolute atomic E-state index is 16.0. The highest BCUT2D eigenvalue weighted by Gasteiger charge is 2.34. The molecule has 17 aromatic rings. The zero-order valence-electron chi connectivity index (χ0n) is 42.8. The van der Waals surface area contributed by atoms with E-state index in [-0.39, 0.29) is 11.4 Å². The van der Waals surface area contributed by atoms with Gasteiger partial charge < -0.3 is 22.7 Å². The van der Waals surface area contributed by atoms with E-state index in [0.717, 1.165) is 110 Å². The molecule has 378 valence electrons. The van der Waals surface area contributed by atoms with Gasteiger partial charge in [-0.1, -0.05) is 133 Å². The summed E-state index contributed by atoms with van der Waals surface area (Å²) < 4.78 is 16.6. The molecule has 0 aliphatic rings. The van der Waals surface area contributed by atoms with Gasteiger partial charge in [-0.3, -0.25) is 19.9 Å². The summed E-state index contributed by atoms with van der Waals surface area (Å²) in [4.78, 5) is 50.2. The fourth-order valence-corrected chi connectivity index (χ4v) is 12.5.